The second kappa shape index (κ2) is 11.8. The average molecular weight is 550 g/mol. The molecule has 3 amide bonds. The number of hydrogen-bond acceptors (Lipinski definition) is 5. The molecule has 204 valence electrons. The molecule has 0 aliphatic carbocycles. The summed E-state index contributed by atoms with van der Waals surface area (Å²) in [5, 5.41) is 9.09. The number of aromatic nitrogens is 2. The van der Waals surface area contributed by atoms with E-state index in [0.29, 0.717) is 47.0 Å². The average Bonchev–Trinajstić information content (AvgIpc) is 2.89. The van der Waals surface area contributed by atoms with Gasteiger partial charge >= 0.3 is 0 Å². The van der Waals surface area contributed by atoms with Crippen molar-refractivity contribution in [2.45, 2.75) is 40.2 Å². The van der Waals surface area contributed by atoms with Crippen molar-refractivity contribution in [1.82, 2.24) is 20.2 Å². The molecule has 3 aromatic rings. The Balaban J connectivity index is 1.47. The highest BCUT2D eigenvalue weighted by Gasteiger charge is 2.23. The summed E-state index contributed by atoms with van der Waals surface area (Å²) in [6.07, 6.45) is 2.67. The van der Waals surface area contributed by atoms with E-state index in [9.17, 15) is 19.2 Å². The van der Waals surface area contributed by atoms with Crippen molar-refractivity contribution in [3.63, 3.8) is 0 Å². The Hall–Kier alpha value is -3.98. The molecule has 3 N–H and O–H groups in total. The largest absolute Gasteiger partial charge is 0.356 e. The van der Waals surface area contributed by atoms with E-state index in [1.54, 1.807) is 36.4 Å². The predicted octanol–water partition coefficient (Wildman–Crippen LogP) is 3.85. The van der Waals surface area contributed by atoms with Crippen LogP contribution in [0, 0.1) is 11.3 Å². The minimum absolute atomic E-state index is 0.0453. The van der Waals surface area contributed by atoms with Gasteiger partial charge in [-0.25, -0.2) is 4.98 Å². The molecule has 1 aromatic heterocycles. The summed E-state index contributed by atoms with van der Waals surface area (Å²) in [5.41, 5.74) is 1.83. The molecule has 1 aliphatic heterocycles. The van der Waals surface area contributed by atoms with E-state index < -0.39 is 5.41 Å². The number of halogens is 1. The fourth-order valence-electron chi connectivity index (χ4n) is 4.15. The molecule has 4 rings (SSSR count). The maximum Gasteiger partial charge on any atom is 0.254 e. The van der Waals surface area contributed by atoms with Crippen molar-refractivity contribution in [2.24, 2.45) is 11.3 Å². The normalized spacial score (nSPS) is 15.4. The molecule has 1 atom stereocenters. The van der Waals surface area contributed by atoms with Crippen LogP contribution >= 0.6 is 11.6 Å². The molecule has 10 heteroatoms. The quantitative estimate of drug-likeness (QED) is 0.413. The lowest BCUT2D eigenvalue weighted by Crippen LogP contribution is -2.40. The van der Waals surface area contributed by atoms with Gasteiger partial charge in [0.1, 0.15) is 0 Å². The van der Waals surface area contributed by atoms with E-state index in [4.69, 9.17) is 11.6 Å². The van der Waals surface area contributed by atoms with Crippen molar-refractivity contribution in [3.8, 4) is 11.3 Å². The Morgan fingerprint density at radius 2 is 1.92 bits per heavy atom. The second-order valence-corrected chi connectivity index (χ2v) is 11.2. The summed E-state index contributed by atoms with van der Waals surface area (Å²) in [4.78, 5) is 54.1. The van der Waals surface area contributed by atoms with E-state index in [0.717, 1.165) is 12.0 Å². The lowest BCUT2D eigenvalue weighted by molar-refractivity contribution is -0.123. The molecule has 0 saturated carbocycles. The maximum absolute atomic E-state index is 13.0. The molecule has 0 spiro atoms. The summed E-state index contributed by atoms with van der Waals surface area (Å²) >= 11 is 6.17. The fourth-order valence-corrected chi connectivity index (χ4v) is 4.32. The Morgan fingerprint density at radius 3 is 2.62 bits per heavy atom. The number of nitrogens with zero attached hydrogens (tertiary/aromatic N) is 2. The third-order valence-corrected chi connectivity index (χ3v) is 6.76. The lowest BCUT2D eigenvalue weighted by Gasteiger charge is -2.22. The van der Waals surface area contributed by atoms with E-state index in [2.05, 4.69) is 20.9 Å². The number of amides is 3. The number of hydrogen-bond donors (Lipinski definition) is 3. The number of nitrogens with one attached hydrogen (secondary N) is 3. The van der Waals surface area contributed by atoms with Gasteiger partial charge in [-0.15, -0.1) is 0 Å². The molecule has 2 aromatic carbocycles. The lowest BCUT2D eigenvalue weighted by atomic mass is 9.95. The van der Waals surface area contributed by atoms with Gasteiger partial charge in [0, 0.05) is 47.1 Å². The zero-order valence-corrected chi connectivity index (χ0v) is 23.0. The molecule has 2 heterocycles. The van der Waals surface area contributed by atoms with E-state index in [-0.39, 0.29) is 35.7 Å². The van der Waals surface area contributed by atoms with Gasteiger partial charge in [-0.05, 0) is 48.2 Å². The van der Waals surface area contributed by atoms with Crippen molar-refractivity contribution < 1.29 is 14.4 Å². The van der Waals surface area contributed by atoms with Crippen LogP contribution in [-0.4, -0.2) is 40.4 Å². The molecule has 1 unspecified atom stereocenters. The third-order valence-electron chi connectivity index (χ3n) is 6.53. The number of anilines is 1. The van der Waals surface area contributed by atoms with Crippen LogP contribution in [0.4, 0.5) is 5.69 Å². The van der Waals surface area contributed by atoms with Crippen LogP contribution in [-0.2, 0) is 16.1 Å². The standard InChI is InChI=1S/C29H32ClN5O4/c1-29(2,3)28(39)34-24-12-21(30)8-9-22(24)23-13-26(37)35(17-33-23)16-18-5-4-6-20(11-18)27(38)32-15-19-7-10-25(36)31-14-19/h4-6,8-9,11-13,17,19H,7,10,14-16H2,1-3H3,(H,31,36)(H,32,38)(H,34,39). The first-order chi connectivity index (χ1) is 18.5. The van der Waals surface area contributed by atoms with Gasteiger partial charge < -0.3 is 16.0 Å². The summed E-state index contributed by atoms with van der Waals surface area (Å²) in [6.45, 7) is 6.70. The SMILES string of the molecule is CC(C)(C)C(=O)Nc1cc(Cl)ccc1-c1cc(=O)n(Cc2cccc(C(=O)NCC3CCC(=O)NC3)c2)cn1. The molecular weight excluding hydrogens is 518 g/mol. The molecule has 0 radical (unpaired) electrons. The Bertz CT molecular complexity index is 1450. The van der Waals surface area contributed by atoms with Crippen molar-refractivity contribution in [3.05, 3.63) is 81.4 Å². The van der Waals surface area contributed by atoms with Gasteiger partial charge in [0.2, 0.25) is 11.8 Å². The van der Waals surface area contributed by atoms with Crippen LogP contribution in [0.2, 0.25) is 5.02 Å². The van der Waals surface area contributed by atoms with Gasteiger partial charge in [-0.3, -0.25) is 23.7 Å². The van der Waals surface area contributed by atoms with Crippen LogP contribution in [0.15, 0.2) is 59.7 Å². The molecule has 1 aliphatic rings. The highest BCUT2D eigenvalue weighted by atomic mass is 35.5. The van der Waals surface area contributed by atoms with Gasteiger partial charge in [-0.1, -0.05) is 44.5 Å². The summed E-state index contributed by atoms with van der Waals surface area (Å²) < 4.78 is 1.45. The number of carbonyl (C=O) groups excluding carboxylic acids is 3. The summed E-state index contributed by atoms with van der Waals surface area (Å²) in [5.74, 6) is -0.138. The minimum atomic E-state index is -0.616. The molecular formula is C29H32ClN5O4. The molecule has 39 heavy (non-hydrogen) atoms. The molecule has 9 nitrogen and oxygen atoms in total. The molecule has 1 saturated heterocycles. The van der Waals surface area contributed by atoms with Crippen LogP contribution < -0.4 is 21.5 Å². The zero-order chi connectivity index (χ0) is 28.2. The van der Waals surface area contributed by atoms with Crippen molar-refractivity contribution in [1.29, 1.82) is 0 Å². The highest BCUT2D eigenvalue weighted by Crippen LogP contribution is 2.30. The Kier molecular flexibility index (Phi) is 8.50. The number of rotatable bonds is 7. The van der Waals surface area contributed by atoms with Crippen LogP contribution in [0.5, 0.6) is 0 Å². The maximum atomic E-state index is 13.0. The first kappa shape index (κ1) is 28.0. The van der Waals surface area contributed by atoms with Crippen molar-refractivity contribution >= 4 is 35.0 Å². The third kappa shape index (κ3) is 7.32. The summed E-state index contributed by atoms with van der Waals surface area (Å²) in [7, 11) is 0. The van der Waals surface area contributed by atoms with E-state index >= 15 is 0 Å². The number of benzene rings is 2. The topological polar surface area (TPSA) is 122 Å². The van der Waals surface area contributed by atoms with Gasteiger partial charge in [-0.2, -0.15) is 0 Å². The fraction of sp³-hybridized carbons (Fsp3) is 0.345. The van der Waals surface area contributed by atoms with Gasteiger partial charge in [0.15, 0.2) is 0 Å². The van der Waals surface area contributed by atoms with Gasteiger partial charge in [0.05, 0.1) is 24.3 Å². The van der Waals surface area contributed by atoms with Crippen LogP contribution in [0.1, 0.15) is 49.5 Å². The van der Waals surface area contributed by atoms with Crippen LogP contribution in [0.25, 0.3) is 11.3 Å². The Morgan fingerprint density at radius 1 is 1.13 bits per heavy atom. The molecule has 0 bridgehead atoms. The van der Waals surface area contributed by atoms with Crippen molar-refractivity contribution in [2.75, 3.05) is 18.4 Å². The minimum Gasteiger partial charge on any atom is -0.356 e. The smallest absolute Gasteiger partial charge is 0.254 e. The monoisotopic (exact) mass is 549 g/mol. The van der Waals surface area contributed by atoms with Gasteiger partial charge in [0.25, 0.3) is 11.5 Å². The zero-order valence-electron chi connectivity index (χ0n) is 22.2. The summed E-state index contributed by atoms with van der Waals surface area (Å²) in [6, 6.07) is 13.5. The predicted molar refractivity (Wildman–Crippen MR) is 151 cm³/mol. The number of carbonyl (C=O) groups is 3. The second-order valence-electron chi connectivity index (χ2n) is 10.8. The highest BCUT2D eigenvalue weighted by molar-refractivity contribution is 6.31. The molecule has 1 fully saturated rings. The first-order valence-electron chi connectivity index (χ1n) is 12.8. The van der Waals surface area contributed by atoms with E-state index in [1.807, 2.05) is 26.8 Å². The first-order valence-corrected chi connectivity index (χ1v) is 13.2. The van der Waals surface area contributed by atoms with E-state index in [1.165, 1.54) is 17.0 Å². The Labute approximate surface area is 232 Å². The van der Waals surface area contributed by atoms with Crippen LogP contribution in [0.3, 0.4) is 0 Å². The number of piperidine rings is 1.